The fourth-order valence-corrected chi connectivity index (χ4v) is 3.46. The molecule has 1 atom stereocenters. The Morgan fingerprint density at radius 2 is 1.67 bits per heavy atom. The highest BCUT2D eigenvalue weighted by Gasteiger charge is 2.33. The number of likely N-dealkylation sites (tertiary alicyclic amines) is 1. The van der Waals surface area contributed by atoms with Crippen LogP contribution in [0.25, 0.3) is 11.1 Å². The van der Waals surface area contributed by atoms with E-state index >= 15 is 0 Å². The van der Waals surface area contributed by atoms with Crippen molar-refractivity contribution in [2.45, 2.75) is 71.6 Å². The van der Waals surface area contributed by atoms with Crippen molar-refractivity contribution in [3.8, 4) is 11.1 Å². The van der Waals surface area contributed by atoms with Crippen molar-refractivity contribution in [1.29, 1.82) is 0 Å². The lowest BCUT2D eigenvalue weighted by Gasteiger charge is -2.29. The van der Waals surface area contributed by atoms with Crippen LogP contribution in [0.2, 0.25) is 0 Å². The van der Waals surface area contributed by atoms with Crippen LogP contribution in [0.15, 0.2) is 36.7 Å². The van der Waals surface area contributed by atoms with Gasteiger partial charge in [-0.05, 0) is 71.6 Å². The molecule has 3 rings (SSSR count). The van der Waals surface area contributed by atoms with E-state index in [9.17, 15) is 9.59 Å². The number of rotatable bonds is 2. The zero-order chi connectivity index (χ0) is 22.1. The van der Waals surface area contributed by atoms with Gasteiger partial charge in [0.05, 0.1) is 12.2 Å². The number of benzene rings is 1. The van der Waals surface area contributed by atoms with Gasteiger partial charge in [-0.3, -0.25) is 0 Å². The van der Waals surface area contributed by atoms with Crippen LogP contribution in [-0.2, 0) is 9.47 Å². The molecule has 1 amide bonds. The van der Waals surface area contributed by atoms with Gasteiger partial charge in [0, 0.05) is 18.3 Å². The Kier molecular flexibility index (Phi) is 5.92. The first-order chi connectivity index (χ1) is 13.9. The first kappa shape index (κ1) is 21.9. The van der Waals surface area contributed by atoms with Crippen molar-refractivity contribution >= 4 is 12.2 Å². The molecule has 1 fully saturated rings. The summed E-state index contributed by atoms with van der Waals surface area (Å²) in [6, 6.07) is 7.97. The van der Waals surface area contributed by atoms with E-state index < -0.39 is 17.3 Å². The Morgan fingerprint density at radius 3 is 2.33 bits per heavy atom. The molecule has 1 aromatic carbocycles. The maximum Gasteiger partial charge on any atom is 0.435 e. The van der Waals surface area contributed by atoms with Gasteiger partial charge in [0.25, 0.3) is 0 Å². The minimum absolute atomic E-state index is 0.0271. The minimum Gasteiger partial charge on any atom is -0.444 e. The summed E-state index contributed by atoms with van der Waals surface area (Å²) in [5.41, 5.74) is 1.67. The molecule has 0 N–H and O–H groups in total. The fraction of sp³-hybridized carbons (Fsp3) is 0.522. The lowest BCUT2D eigenvalue weighted by molar-refractivity contribution is 0.0224. The predicted octanol–water partition coefficient (Wildman–Crippen LogP) is 5.41. The molecule has 7 heteroatoms. The van der Waals surface area contributed by atoms with Gasteiger partial charge in [0.15, 0.2) is 0 Å². The fourth-order valence-electron chi connectivity index (χ4n) is 3.46. The highest BCUT2D eigenvalue weighted by Crippen LogP contribution is 2.35. The third kappa shape index (κ3) is 5.40. The summed E-state index contributed by atoms with van der Waals surface area (Å²) in [6.07, 6.45) is 4.33. The molecule has 2 heterocycles. The summed E-state index contributed by atoms with van der Waals surface area (Å²) in [7, 11) is 0. The number of hydrogen-bond donors (Lipinski definition) is 0. The van der Waals surface area contributed by atoms with E-state index in [1.165, 1.54) is 4.68 Å². The normalized spacial score (nSPS) is 17.1. The molecule has 1 saturated heterocycles. The van der Waals surface area contributed by atoms with Crippen LogP contribution in [-0.4, -0.2) is 44.6 Å². The molecule has 7 nitrogen and oxygen atoms in total. The van der Waals surface area contributed by atoms with E-state index in [1.807, 2.05) is 65.8 Å². The summed E-state index contributed by atoms with van der Waals surface area (Å²) >= 11 is 0. The van der Waals surface area contributed by atoms with Crippen molar-refractivity contribution in [1.82, 2.24) is 14.7 Å². The van der Waals surface area contributed by atoms with Gasteiger partial charge in [0.2, 0.25) is 0 Å². The number of amides is 1. The molecule has 0 radical (unpaired) electrons. The lowest BCUT2D eigenvalue weighted by Crippen LogP contribution is -2.36. The second kappa shape index (κ2) is 8.13. The Hall–Kier alpha value is -2.83. The first-order valence-corrected chi connectivity index (χ1v) is 10.3. The smallest absolute Gasteiger partial charge is 0.435 e. The molecule has 2 aromatic rings. The van der Waals surface area contributed by atoms with Crippen LogP contribution in [0.5, 0.6) is 0 Å². The number of carbonyl (C=O) groups excluding carboxylic acids is 2. The monoisotopic (exact) mass is 413 g/mol. The van der Waals surface area contributed by atoms with Crippen LogP contribution in [0, 0.1) is 0 Å². The highest BCUT2D eigenvalue weighted by molar-refractivity contribution is 5.73. The summed E-state index contributed by atoms with van der Waals surface area (Å²) < 4.78 is 12.1. The first-order valence-electron chi connectivity index (χ1n) is 10.3. The summed E-state index contributed by atoms with van der Waals surface area (Å²) in [5.74, 6) is 0. The summed E-state index contributed by atoms with van der Waals surface area (Å²) in [6.45, 7) is 11.8. The predicted molar refractivity (Wildman–Crippen MR) is 114 cm³/mol. The second-order valence-electron chi connectivity index (χ2n) is 9.61. The van der Waals surface area contributed by atoms with Gasteiger partial charge < -0.3 is 14.4 Å². The number of ether oxygens (including phenoxy) is 2. The third-order valence-corrected chi connectivity index (χ3v) is 4.65. The van der Waals surface area contributed by atoms with Gasteiger partial charge in [0.1, 0.15) is 11.2 Å². The number of hydrogen-bond acceptors (Lipinski definition) is 5. The maximum absolute atomic E-state index is 12.6. The topological polar surface area (TPSA) is 73.7 Å². The molecular weight excluding hydrogens is 382 g/mol. The maximum atomic E-state index is 12.6. The van der Waals surface area contributed by atoms with Gasteiger partial charge in [-0.2, -0.15) is 9.78 Å². The standard InChI is InChI=1S/C23H31N3O4/c1-22(2,3)29-20(27)25-12-8-11-19(25)17-10-7-9-16(13-17)18-14-24-26(15-18)21(28)30-23(4,5)6/h7,9-10,13-15,19H,8,11-12H2,1-6H3. The number of nitrogens with zero attached hydrogens (tertiary/aromatic N) is 3. The van der Waals surface area contributed by atoms with Crippen LogP contribution < -0.4 is 0 Å². The Bertz CT molecular complexity index is 921. The molecule has 162 valence electrons. The molecule has 1 aromatic heterocycles. The van der Waals surface area contributed by atoms with Crippen molar-refractivity contribution in [2.24, 2.45) is 0 Å². The van der Waals surface area contributed by atoms with E-state index in [2.05, 4.69) is 5.10 Å². The van der Waals surface area contributed by atoms with Gasteiger partial charge in [-0.1, -0.05) is 18.2 Å². The van der Waals surface area contributed by atoms with E-state index in [1.54, 1.807) is 17.3 Å². The lowest BCUT2D eigenvalue weighted by atomic mass is 10.00. The molecular formula is C23H31N3O4. The summed E-state index contributed by atoms with van der Waals surface area (Å²) in [5, 5.41) is 4.14. The van der Waals surface area contributed by atoms with Crippen molar-refractivity contribution in [3.05, 3.63) is 42.2 Å². The Balaban J connectivity index is 1.80. The quantitative estimate of drug-likeness (QED) is 0.658. The van der Waals surface area contributed by atoms with Crippen molar-refractivity contribution in [3.63, 3.8) is 0 Å². The molecule has 1 aliphatic rings. The molecule has 0 aliphatic carbocycles. The van der Waals surface area contributed by atoms with E-state index in [0.29, 0.717) is 6.54 Å². The van der Waals surface area contributed by atoms with Crippen molar-refractivity contribution < 1.29 is 19.1 Å². The van der Waals surface area contributed by atoms with Crippen molar-refractivity contribution in [2.75, 3.05) is 6.54 Å². The van der Waals surface area contributed by atoms with Crippen LogP contribution >= 0.6 is 0 Å². The molecule has 30 heavy (non-hydrogen) atoms. The van der Waals surface area contributed by atoms with E-state index in [-0.39, 0.29) is 12.1 Å². The van der Waals surface area contributed by atoms with Gasteiger partial charge >= 0.3 is 12.2 Å². The molecule has 1 unspecified atom stereocenters. The van der Waals surface area contributed by atoms with Gasteiger partial charge in [-0.25, -0.2) is 9.59 Å². The zero-order valence-electron chi connectivity index (χ0n) is 18.6. The zero-order valence-corrected chi connectivity index (χ0v) is 18.6. The molecule has 0 spiro atoms. The van der Waals surface area contributed by atoms with E-state index in [4.69, 9.17) is 9.47 Å². The largest absolute Gasteiger partial charge is 0.444 e. The Morgan fingerprint density at radius 1 is 1.00 bits per heavy atom. The minimum atomic E-state index is -0.587. The molecule has 0 saturated carbocycles. The highest BCUT2D eigenvalue weighted by atomic mass is 16.6. The SMILES string of the molecule is CC(C)(C)OC(=O)N1CCCC1c1cccc(-c2cnn(C(=O)OC(C)(C)C)c2)c1. The molecule has 1 aliphatic heterocycles. The number of aromatic nitrogens is 2. The van der Waals surface area contributed by atoms with Crippen LogP contribution in [0.4, 0.5) is 9.59 Å². The van der Waals surface area contributed by atoms with Gasteiger partial charge in [-0.15, -0.1) is 0 Å². The summed E-state index contributed by atoms with van der Waals surface area (Å²) in [4.78, 5) is 26.7. The van der Waals surface area contributed by atoms with E-state index in [0.717, 1.165) is 29.5 Å². The average molecular weight is 414 g/mol. The van der Waals surface area contributed by atoms with Crippen LogP contribution in [0.3, 0.4) is 0 Å². The number of carbonyl (C=O) groups is 2. The average Bonchev–Trinajstić information content (AvgIpc) is 3.29. The molecule has 0 bridgehead atoms. The third-order valence-electron chi connectivity index (χ3n) is 4.65. The Labute approximate surface area is 178 Å². The van der Waals surface area contributed by atoms with Crippen LogP contribution in [0.1, 0.15) is 66.0 Å². The second-order valence-corrected chi connectivity index (χ2v) is 9.61.